The lowest BCUT2D eigenvalue weighted by molar-refractivity contribution is -0.118. The third-order valence-corrected chi connectivity index (χ3v) is 2.74. The number of aromatic nitrogens is 2. The maximum absolute atomic E-state index is 11.4. The summed E-state index contributed by atoms with van der Waals surface area (Å²) in [4.78, 5) is 11.4. The van der Waals surface area contributed by atoms with Crippen LogP contribution in [0, 0.1) is 11.3 Å². The second kappa shape index (κ2) is 4.91. The molecule has 0 aliphatic carbocycles. The summed E-state index contributed by atoms with van der Waals surface area (Å²) in [6, 6.07) is 0. The summed E-state index contributed by atoms with van der Waals surface area (Å²) in [6.07, 6.45) is 0.877. The Morgan fingerprint density at radius 1 is 1.38 bits per heavy atom. The van der Waals surface area contributed by atoms with E-state index in [1.165, 1.54) is 11.3 Å². The van der Waals surface area contributed by atoms with Gasteiger partial charge in [0.05, 0.1) is 0 Å². The molecule has 0 aliphatic rings. The van der Waals surface area contributed by atoms with E-state index in [0.29, 0.717) is 5.13 Å². The van der Waals surface area contributed by atoms with E-state index in [-0.39, 0.29) is 17.2 Å². The lowest BCUT2D eigenvalue weighted by atomic mass is 9.93. The van der Waals surface area contributed by atoms with Gasteiger partial charge < -0.3 is 5.32 Å². The molecule has 0 saturated heterocycles. The van der Waals surface area contributed by atoms with Crippen molar-refractivity contribution in [2.24, 2.45) is 11.3 Å². The zero-order valence-electron chi connectivity index (χ0n) is 10.5. The summed E-state index contributed by atoms with van der Waals surface area (Å²) >= 11 is 1.45. The number of amides is 1. The van der Waals surface area contributed by atoms with Gasteiger partial charge in [-0.15, -0.1) is 10.2 Å². The van der Waals surface area contributed by atoms with E-state index < -0.39 is 0 Å². The molecule has 0 atom stereocenters. The highest BCUT2D eigenvalue weighted by atomic mass is 32.1. The number of anilines is 1. The van der Waals surface area contributed by atoms with E-state index in [0.717, 1.165) is 11.4 Å². The summed E-state index contributed by atoms with van der Waals surface area (Å²) < 4.78 is 0. The van der Waals surface area contributed by atoms with Gasteiger partial charge in [0.1, 0.15) is 5.01 Å². The highest BCUT2D eigenvalue weighted by Crippen LogP contribution is 2.24. The molecule has 0 radical (unpaired) electrons. The van der Waals surface area contributed by atoms with Crippen molar-refractivity contribution in [1.29, 1.82) is 0 Å². The third-order valence-electron chi connectivity index (χ3n) is 1.90. The van der Waals surface area contributed by atoms with Crippen molar-refractivity contribution in [2.45, 2.75) is 41.0 Å². The molecule has 0 fully saturated rings. The lowest BCUT2D eigenvalue weighted by Crippen LogP contribution is -2.17. The molecular weight excluding hydrogens is 222 g/mol. The van der Waals surface area contributed by atoms with Crippen molar-refractivity contribution in [3.63, 3.8) is 0 Å². The smallest absolute Gasteiger partial charge is 0.228 e. The first-order chi connectivity index (χ1) is 7.28. The van der Waals surface area contributed by atoms with Gasteiger partial charge in [0.2, 0.25) is 11.0 Å². The molecule has 1 heterocycles. The van der Waals surface area contributed by atoms with Crippen LogP contribution in [0.15, 0.2) is 0 Å². The second-order valence-corrected chi connectivity index (χ2v) is 6.44. The zero-order valence-corrected chi connectivity index (χ0v) is 11.3. The number of rotatable bonds is 3. The predicted molar refractivity (Wildman–Crippen MR) is 66.5 cm³/mol. The molecule has 0 spiro atoms. The molecule has 0 bridgehead atoms. The Balaban J connectivity index is 2.62. The van der Waals surface area contributed by atoms with Crippen LogP contribution in [0.3, 0.4) is 0 Å². The first-order valence-corrected chi connectivity index (χ1v) is 6.23. The van der Waals surface area contributed by atoms with Crippen molar-refractivity contribution in [3.8, 4) is 0 Å². The lowest BCUT2D eigenvalue weighted by Gasteiger charge is -2.14. The molecule has 90 valence electrons. The van der Waals surface area contributed by atoms with Crippen LogP contribution in [0.25, 0.3) is 0 Å². The monoisotopic (exact) mass is 241 g/mol. The normalized spacial score (nSPS) is 11.9. The Morgan fingerprint density at radius 3 is 2.50 bits per heavy atom. The van der Waals surface area contributed by atoms with Crippen LogP contribution in [0.4, 0.5) is 5.13 Å². The maximum Gasteiger partial charge on any atom is 0.228 e. The number of carbonyl (C=O) groups excluding carboxylic acids is 1. The topological polar surface area (TPSA) is 54.9 Å². The minimum Gasteiger partial charge on any atom is -0.300 e. The Bertz CT molecular complexity index is 366. The molecular formula is C11H19N3OS. The number of hydrogen-bond acceptors (Lipinski definition) is 4. The molecule has 1 aromatic heterocycles. The van der Waals surface area contributed by atoms with Crippen LogP contribution >= 0.6 is 11.3 Å². The van der Waals surface area contributed by atoms with Crippen molar-refractivity contribution < 1.29 is 4.79 Å². The molecule has 0 saturated carbocycles. The van der Waals surface area contributed by atoms with Gasteiger partial charge in [0, 0.05) is 12.3 Å². The first kappa shape index (κ1) is 13.1. The van der Waals surface area contributed by atoms with Gasteiger partial charge in [-0.05, 0) is 5.41 Å². The molecule has 0 unspecified atom stereocenters. The fraction of sp³-hybridized carbons (Fsp3) is 0.727. The standard InChI is InChI=1S/C11H19N3OS/c1-7(2)9(15)12-10-14-13-8(16-10)6-11(3,4)5/h7H,6H2,1-5H3,(H,12,14,15). The minimum atomic E-state index is -0.0324. The highest BCUT2D eigenvalue weighted by molar-refractivity contribution is 7.15. The summed E-state index contributed by atoms with van der Waals surface area (Å²) in [5.41, 5.74) is 0.193. The molecule has 1 amide bonds. The average Bonchev–Trinajstić information content (AvgIpc) is 2.49. The van der Waals surface area contributed by atoms with E-state index in [9.17, 15) is 4.79 Å². The van der Waals surface area contributed by atoms with Gasteiger partial charge in [-0.2, -0.15) is 0 Å². The van der Waals surface area contributed by atoms with E-state index >= 15 is 0 Å². The summed E-state index contributed by atoms with van der Waals surface area (Å²) in [7, 11) is 0. The van der Waals surface area contributed by atoms with Gasteiger partial charge in [-0.1, -0.05) is 46.0 Å². The summed E-state index contributed by atoms with van der Waals surface area (Å²) in [5.74, 6) is -0.0478. The SMILES string of the molecule is CC(C)C(=O)Nc1nnc(CC(C)(C)C)s1. The van der Waals surface area contributed by atoms with Crippen LogP contribution in [0.5, 0.6) is 0 Å². The van der Waals surface area contributed by atoms with E-state index in [4.69, 9.17) is 0 Å². The zero-order chi connectivity index (χ0) is 12.3. The van der Waals surface area contributed by atoms with Crippen LogP contribution in [-0.2, 0) is 11.2 Å². The molecule has 1 N–H and O–H groups in total. The van der Waals surface area contributed by atoms with Gasteiger partial charge in [0.15, 0.2) is 0 Å². The Morgan fingerprint density at radius 2 is 2.00 bits per heavy atom. The van der Waals surface area contributed by atoms with Gasteiger partial charge in [-0.3, -0.25) is 4.79 Å². The molecule has 4 nitrogen and oxygen atoms in total. The number of hydrogen-bond donors (Lipinski definition) is 1. The summed E-state index contributed by atoms with van der Waals surface area (Å²) in [5, 5.41) is 12.3. The van der Waals surface area contributed by atoms with E-state index in [1.54, 1.807) is 0 Å². The molecule has 1 aromatic rings. The number of nitrogens with one attached hydrogen (secondary N) is 1. The second-order valence-electron chi connectivity index (χ2n) is 5.38. The Kier molecular flexibility index (Phi) is 4.02. The molecule has 5 heteroatoms. The van der Waals surface area contributed by atoms with Crippen molar-refractivity contribution in [3.05, 3.63) is 5.01 Å². The van der Waals surface area contributed by atoms with Gasteiger partial charge in [-0.25, -0.2) is 0 Å². The largest absolute Gasteiger partial charge is 0.300 e. The summed E-state index contributed by atoms with van der Waals surface area (Å²) in [6.45, 7) is 10.2. The molecule has 1 rings (SSSR count). The third kappa shape index (κ3) is 4.26. The van der Waals surface area contributed by atoms with Crippen molar-refractivity contribution in [2.75, 3.05) is 5.32 Å². The maximum atomic E-state index is 11.4. The average molecular weight is 241 g/mol. The Labute approximate surface area is 100 Å². The molecule has 0 aromatic carbocycles. The Hall–Kier alpha value is -0.970. The number of nitrogens with zero attached hydrogens (tertiary/aromatic N) is 2. The number of carbonyl (C=O) groups is 1. The van der Waals surface area contributed by atoms with Crippen LogP contribution < -0.4 is 5.32 Å². The van der Waals surface area contributed by atoms with Crippen molar-refractivity contribution in [1.82, 2.24) is 10.2 Å². The van der Waals surface area contributed by atoms with Gasteiger partial charge >= 0.3 is 0 Å². The predicted octanol–water partition coefficient (Wildman–Crippen LogP) is 2.72. The first-order valence-electron chi connectivity index (χ1n) is 5.41. The quantitative estimate of drug-likeness (QED) is 0.885. The van der Waals surface area contributed by atoms with E-state index in [1.807, 2.05) is 13.8 Å². The van der Waals surface area contributed by atoms with Crippen LogP contribution in [-0.4, -0.2) is 16.1 Å². The van der Waals surface area contributed by atoms with Crippen LogP contribution in [0.2, 0.25) is 0 Å². The fourth-order valence-corrected chi connectivity index (χ4v) is 2.12. The molecule has 16 heavy (non-hydrogen) atoms. The van der Waals surface area contributed by atoms with Gasteiger partial charge in [0.25, 0.3) is 0 Å². The molecule has 0 aliphatic heterocycles. The van der Waals surface area contributed by atoms with Crippen LogP contribution in [0.1, 0.15) is 39.6 Å². The highest BCUT2D eigenvalue weighted by Gasteiger charge is 2.16. The minimum absolute atomic E-state index is 0.0153. The fourth-order valence-electron chi connectivity index (χ4n) is 1.08. The van der Waals surface area contributed by atoms with E-state index in [2.05, 4.69) is 36.3 Å². The van der Waals surface area contributed by atoms with Crippen molar-refractivity contribution >= 4 is 22.4 Å².